The number of rotatable bonds is 1. The molecule has 9 heteroatoms. The molecular weight excluding hydrogens is 482 g/mol. The average Bonchev–Trinajstić information content (AvgIpc) is 3.44. The number of likely N-dealkylation sites (N-methyl/N-ethyl adjacent to an activating group) is 1. The highest BCUT2D eigenvalue weighted by molar-refractivity contribution is 6.48. The van der Waals surface area contributed by atoms with E-state index in [-0.39, 0.29) is 16.9 Å². The monoisotopic (exact) mass is 515 g/mol. The topological polar surface area (TPSA) is 109 Å². The van der Waals surface area contributed by atoms with Crippen LogP contribution in [0.3, 0.4) is 0 Å². The van der Waals surface area contributed by atoms with Crippen molar-refractivity contribution in [2.24, 2.45) is 0 Å². The third-order valence-corrected chi connectivity index (χ3v) is 7.02. The van der Waals surface area contributed by atoms with Crippen LogP contribution in [0.5, 0.6) is 0 Å². The standard InChI is InChI=1S/C29H33N5O4/c1-2-33-12-16-37-15-11-31-23-9-5-3-8-21(23)27(30)26-25(28(35)32-29(26)36)22-19-34(14-18-38-17-13-33)24-10-6-4-7-20(22)24/h3-10,19,30-31H,2,11-18H2,1H3,(H,32,35,36). The van der Waals surface area contributed by atoms with Crippen LogP contribution >= 0.6 is 0 Å². The Balaban J connectivity index is 1.57. The molecule has 0 aliphatic carbocycles. The van der Waals surface area contributed by atoms with Gasteiger partial charge in [0.15, 0.2) is 0 Å². The largest absolute Gasteiger partial charge is 0.382 e. The summed E-state index contributed by atoms with van der Waals surface area (Å²) in [6, 6.07) is 15.2. The number of hydrogen-bond donors (Lipinski definition) is 3. The Bertz CT molecular complexity index is 1390. The molecule has 2 bridgehead atoms. The normalized spacial score (nSPS) is 18.6. The molecule has 0 saturated carbocycles. The van der Waals surface area contributed by atoms with Gasteiger partial charge in [0.1, 0.15) is 0 Å². The maximum Gasteiger partial charge on any atom is 0.261 e. The molecule has 0 fully saturated rings. The second-order valence-corrected chi connectivity index (χ2v) is 9.29. The molecule has 3 N–H and O–H groups in total. The Labute approximate surface area is 221 Å². The number of para-hydroxylation sites is 2. The molecule has 198 valence electrons. The summed E-state index contributed by atoms with van der Waals surface area (Å²) >= 11 is 0. The van der Waals surface area contributed by atoms with Gasteiger partial charge in [-0.25, -0.2) is 0 Å². The van der Waals surface area contributed by atoms with E-state index in [2.05, 4.69) is 22.5 Å². The van der Waals surface area contributed by atoms with E-state index in [1.807, 2.05) is 53.2 Å². The van der Waals surface area contributed by atoms with Crippen molar-refractivity contribution in [1.29, 1.82) is 5.41 Å². The van der Waals surface area contributed by atoms with Crippen molar-refractivity contribution in [3.63, 3.8) is 0 Å². The maximum absolute atomic E-state index is 13.1. The van der Waals surface area contributed by atoms with Gasteiger partial charge in [-0.1, -0.05) is 43.3 Å². The van der Waals surface area contributed by atoms with Crippen molar-refractivity contribution in [1.82, 2.24) is 14.8 Å². The first kappa shape index (κ1) is 25.8. The van der Waals surface area contributed by atoms with Crippen molar-refractivity contribution in [3.05, 3.63) is 71.4 Å². The van der Waals surface area contributed by atoms with Gasteiger partial charge < -0.3 is 19.4 Å². The molecule has 2 aliphatic rings. The average molecular weight is 516 g/mol. The molecule has 9 nitrogen and oxygen atoms in total. The molecule has 0 unspecified atom stereocenters. The number of fused-ring (bicyclic) bond motifs is 7. The van der Waals surface area contributed by atoms with Crippen LogP contribution in [0.25, 0.3) is 16.5 Å². The fourth-order valence-electron chi connectivity index (χ4n) is 5.01. The van der Waals surface area contributed by atoms with Crippen LogP contribution in [-0.4, -0.2) is 79.6 Å². The summed E-state index contributed by atoms with van der Waals surface area (Å²) in [5, 5.41) is 15.7. The number of nitrogens with one attached hydrogen (secondary N) is 3. The number of anilines is 1. The first-order valence-corrected chi connectivity index (χ1v) is 13.1. The highest BCUT2D eigenvalue weighted by Crippen LogP contribution is 2.34. The molecule has 3 aromatic rings. The van der Waals surface area contributed by atoms with Gasteiger partial charge in [-0.3, -0.25) is 25.2 Å². The van der Waals surface area contributed by atoms with Crippen molar-refractivity contribution < 1.29 is 19.1 Å². The van der Waals surface area contributed by atoms with Crippen LogP contribution in [0.15, 0.2) is 60.3 Å². The second-order valence-electron chi connectivity index (χ2n) is 9.29. The lowest BCUT2D eigenvalue weighted by Crippen LogP contribution is -2.31. The predicted molar refractivity (Wildman–Crippen MR) is 148 cm³/mol. The molecular formula is C29H33N5O4. The molecule has 0 saturated heterocycles. The van der Waals surface area contributed by atoms with Crippen LogP contribution in [-0.2, 0) is 25.6 Å². The van der Waals surface area contributed by atoms with E-state index in [4.69, 9.17) is 14.9 Å². The Kier molecular flexibility index (Phi) is 7.97. The van der Waals surface area contributed by atoms with Gasteiger partial charge in [-0.2, -0.15) is 0 Å². The zero-order valence-corrected chi connectivity index (χ0v) is 21.6. The lowest BCUT2D eigenvalue weighted by Gasteiger charge is -2.20. The van der Waals surface area contributed by atoms with E-state index in [9.17, 15) is 9.59 Å². The number of carbonyl (C=O) groups is 2. The molecule has 38 heavy (non-hydrogen) atoms. The van der Waals surface area contributed by atoms with E-state index >= 15 is 0 Å². The highest BCUT2D eigenvalue weighted by Gasteiger charge is 2.36. The molecule has 1 aromatic heterocycles. The number of ether oxygens (including phenoxy) is 2. The lowest BCUT2D eigenvalue weighted by molar-refractivity contribution is -0.123. The van der Waals surface area contributed by atoms with Gasteiger partial charge in [0.05, 0.1) is 43.3 Å². The number of nitrogens with zero attached hydrogens (tertiary/aromatic N) is 2. The molecule has 5 rings (SSSR count). The number of benzene rings is 2. The first-order valence-electron chi connectivity index (χ1n) is 13.1. The summed E-state index contributed by atoms with van der Waals surface area (Å²) in [6.45, 7) is 8.08. The minimum atomic E-state index is -0.559. The summed E-state index contributed by atoms with van der Waals surface area (Å²) in [5.41, 5.74) is 3.14. The van der Waals surface area contributed by atoms with Crippen molar-refractivity contribution in [2.75, 3.05) is 57.9 Å². The molecule has 0 radical (unpaired) electrons. The van der Waals surface area contributed by atoms with Crippen LogP contribution in [0, 0.1) is 5.41 Å². The van der Waals surface area contributed by atoms with E-state index in [0.29, 0.717) is 56.3 Å². The zero-order valence-electron chi connectivity index (χ0n) is 21.6. The summed E-state index contributed by atoms with van der Waals surface area (Å²) in [7, 11) is 0. The highest BCUT2D eigenvalue weighted by atomic mass is 16.5. The van der Waals surface area contributed by atoms with Crippen molar-refractivity contribution in [2.45, 2.75) is 13.5 Å². The fourth-order valence-corrected chi connectivity index (χ4v) is 5.01. The van der Waals surface area contributed by atoms with E-state index in [1.54, 1.807) is 6.07 Å². The van der Waals surface area contributed by atoms with E-state index in [0.717, 1.165) is 30.5 Å². The van der Waals surface area contributed by atoms with Gasteiger partial charge in [0.25, 0.3) is 11.8 Å². The molecule has 2 aromatic carbocycles. The quantitative estimate of drug-likeness (QED) is 0.430. The first-order chi connectivity index (χ1) is 18.6. The van der Waals surface area contributed by atoms with Crippen LogP contribution in [0.1, 0.15) is 18.1 Å². The minimum absolute atomic E-state index is 0.000486. The second kappa shape index (κ2) is 11.7. The summed E-state index contributed by atoms with van der Waals surface area (Å²) < 4.78 is 13.8. The summed E-state index contributed by atoms with van der Waals surface area (Å²) in [4.78, 5) is 28.5. The summed E-state index contributed by atoms with van der Waals surface area (Å²) in [5.74, 6) is -1.05. The Morgan fingerprint density at radius 3 is 2.34 bits per heavy atom. The molecule has 3 heterocycles. The van der Waals surface area contributed by atoms with Gasteiger partial charge >= 0.3 is 0 Å². The van der Waals surface area contributed by atoms with Crippen LogP contribution < -0.4 is 10.6 Å². The van der Waals surface area contributed by atoms with Crippen molar-refractivity contribution >= 4 is 39.7 Å². The zero-order chi connectivity index (χ0) is 26.5. The fraction of sp³-hybridized carbons (Fsp3) is 0.345. The van der Waals surface area contributed by atoms with Gasteiger partial charge in [0.2, 0.25) is 0 Å². The summed E-state index contributed by atoms with van der Waals surface area (Å²) in [6.07, 6.45) is 1.90. The SMILES string of the molecule is CCN1CCOCCNc2ccccc2C(=N)C2=C(C(=O)NC2=O)c2cn(c3ccccc23)CCOCC1. The number of hydrogen-bond acceptors (Lipinski definition) is 7. The third kappa shape index (κ3) is 5.26. The van der Waals surface area contributed by atoms with E-state index < -0.39 is 11.8 Å². The minimum Gasteiger partial charge on any atom is -0.382 e. The number of amides is 2. The molecule has 0 spiro atoms. The maximum atomic E-state index is 13.1. The Morgan fingerprint density at radius 2 is 1.53 bits per heavy atom. The number of aromatic nitrogens is 1. The number of imide groups is 1. The van der Waals surface area contributed by atoms with Gasteiger partial charge in [-0.05, 0) is 18.7 Å². The molecule has 2 aliphatic heterocycles. The predicted octanol–water partition coefficient (Wildman–Crippen LogP) is 2.90. The van der Waals surface area contributed by atoms with Crippen LogP contribution in [0.4, 0.5) is 5.69 Å². The Morgan fingerprint density at radius 1 is 0.842 bits per heavy atom. The van der Waals surface area contributed by atoms with Gasteiger partial charge in [-0.15, -0.1) is 0 Å². The van der Waals surface area contributed by atoms with E-state index in [1.165, 1.54) is 0 Å². The van der Waals surface area contributed by atoms with Gasteiger partial charge in [0, 0.05) is 60.1 Å². The van der Waals surface area contributed by atoms with Crippen molar-refractivity contribution in [3.8, 4) is 0 Å². The smallest absolute Gasteiger partial charge is 0.261 e. The lowest BCUT2D eigenvalue weighted by atomic mass is 9.94. The number of carbonyl (C=O) groups excluding carboxylic acids is 2. The Hall–Kier alpha value is -3.79. The third-order valence-electron chi connectivity index (χ3n) is 7.02. The molecule has 0 atom stereocenters. The molecule has 2 amide bonds. The van der Waals surface area contributed by atoms with Crippen LogP contribution in [0.2, 0.25) is 0 Å².